The van der Waals surface area contributed by atoms with E-state index in [2.05, 4.69) is 55.3 Å². The minimum absolute atomic E-state index is 0.0253. The van der Waals surface area contributed by atoms with E-state index in [0.29, 0.717) is 18.5 Å². The maximum atomic E-state index is 5.67. The van der Waals surface area contributed by atoms with E-state index in [-0.39, 0.29) is 5.54 Å². The third-order valence-corrected chi connectivity index (χ3v) is 2.93. The average molecular weight is 274 g/mol. The maximum absolute atomic E-state index is 5.67. The maximum Gasteiger partial charge on any atom is 0.322 e. The molecular formula is C15H22N4O. The number of rotatable bonds is 4. The Balaban J connectivity index is 2.06. The fourth-order valence-electron chi connectivity index (χ4n) is 1.67. The Hall–Kier alpha value is -1.88. The average Bonchev–Trinajstić information content (AvgIpc) is 2.84. The smallest absolute Gasteiger partial charge is 0.322 e. The Labute approximate surface area is 120 Å². The molecule has 0 aliphatic heterocycles. The predicted octanol–water partition coefficient (Wildman–Crippen LogP) is 3.03. The molecule has 20 heavy (non-hydrogen) atoms. The summed E-state index contributed by atoms with van der Waals surface area (Å²) in [4.78, 5) is 1.88. The van der Waals surface area contributed by atoms with Gasteiger partial charge in [0.1, 0.15) is 0 Å². The van der Waals surface area contributed by atoms with Crippen LogP contribution in [0.25, 0.3) is 0 Å². The number of hydrogen-bond donors (Lipinski definition) is 1. The van der Waals surface area contributed by atoms with Crippen molar-refractivity contribution < 1.29 is 4.42 Å². The van der Waals surface area contributed by atoms with Crippen molar-refractivity contribution in [1.82, 2.24) is 15.5 Å². The molecule has 0 saturated heterocycles. The first-order valence-electron chi connectivity index (χ1n) is 6.73. The molecule has 0 bridgehead atoms. The lowest BCUT2D eigenvalue weighted by Gasteiger charge is -2.18. The topological polar surface area (TPSA) is 54.2 Å². The predicted molar refractivity (Wildman–Crippen MR) is 80.1 cm³/mol. The number of aryl methyl sites for hydroxylation is 1. The Morgan fingerprint density at radius 1 is 1.15 bits per heavy atom. The van der Waals surface area contributed by atoms with Crippen LogP contribution >= 0.6 is 0 Å². The van der Waals surface area contributed by atoms with Gasteiger partial charge in [-0.05, 0) is 39.8 Å². The summed E-state index contributed by atoms with van der Waals surface area (Å²) in [6.07, 6.45) is 0. The quantitative estimate of drug-likeness (QED) is 0.928. The summed E-state index contributed by atoms with van der Waals surface area (Å²) in [5.41, 5.74) is 2.27. The fourth-order valence-corrected chi connectivity index (χ4v) is 1.67. The number of anilines is 2. The molecule has 0 spiro atoms. The molecule has 1 aromatic carbocycles. The zero-order valence-electron chi connectivity index (χ0n) is 12.8. The number of benzene rings is 1. The van der Waals surface area contributed by atoms with Gasteiger partial charge < -0.3 is 9.73 Å². The van der Waals surface area contributed by atoms with E-state index in [0.717, 1.165) is 5.69 Å². The van der Waals surface area contributed by atoms with Gasteiger partial charge in [-0.3, -0.25) is 4.90 Å². The van der Waals surface area contributed by atoms with Crippen LogP contribution in [0.3, 0.4) is 0 Å². The van der Waals surface area contributed by atoms with E-state index < -0.39 is 0 Å². The lowest BCUT2D eigenvalue weighted by molar-refractivity contribution is 0.382. The van der Waals surface area contributed by atoms with Crippen molar-refractivity contribution in [3.63, 3.8) is 0 Å². The molecule has 0 unspecified atom stereocenters. The first-order valence-corrected chi connectivity index (χ1v) is 6.73. The minimum atomic E-state index is 0.0253. The van der Waals surface area contributed by atoms with Crippen LogP contribution in [0.2, 0.25) is 0 Å². The van der Waals surface area contributed by atoms with Gasteiger partial charge in [0.2, 0.25) is 5.89 Å². The summed E-state index contributed by atoms with van der Waals surface area (Å²) in [5, 5.41) is 11.5. The van der Waals surface area contributed by atoms with E-state index >= 15 is 0 Å². The van der Waals surface area contributed by atoms with Gasteiger partial charge in [0.15, 0.2) is 0 Å². The normalized spacial score (nSPS) is 11.7. The zero-order chi connectivity index (χ0) is 14.8. The van der Waals surface area contributed by atoms with Gasteiger partial charge in [0.25, 0.3) is 0 Å². The Kier molecular flexibility index (Phi) is 4.09. The Bertz CT molecular complexity index is 554. The molecule has 2 rings (SSSR count). The van der Waals surface area contributed by atoms with Crippen LogP contribution in [0, 0.1) is 6.92 Å². The van der Waals surface area contributed by atoms with Gasteiger partial charge in [-0.25, -0.2) is 0 Å². The largest absolute Gasteiger partial charge is 0.406 e. The Morgan fingerprint density at radius 3 is 2.40 bits per heavy atom. The summed E-state index contributed by atoms with van der Waals surface area (Å²) in [6, 6.07) is 8.69. The molecule has 1 heterocycles. The van der Waals surface area contributed by atoms with Crippen LogP contribution in [0.5, 0.6) is 0 Å². The van der Waals surface area contributed by atoms with Gasteiger partial charge in [-0.1, -0.05) is 22.8 Å². The molecular weight excluding hydrogens is 252 g/mol. The number of nitrogens with zero attached hydrogens (tertiary/aromatic N) is 3. The van der Waals surface area contributed by atoms with Gasteiger partial charge >= 0.3 is 6.01 Å². The van der Waals surface area contributed by atoms with Crippen molar-refractivity contribution in [3.8, 4) is 0 Å². The third-order valence-electron chi connectivity index (χ3n) is 2.93. The second-order valence-corrected chi connectivity index (χ2v) is 5.98. The number of aromatic nitrogens is 2. The standard InChI is InChI=1S/C15H22N4O/c1-11-6-8-12(9-7-11)19(5)14-18-17-13(20-14)10-16-15(2,3)4/h6-9,16H,10H2,1-5H3. The first-order chi connectivity index (χ1) is 9.35. The fraction of sp³-hybridized carbons (Fsp3) is 0.467. The first kappa shape index (κ1) is 14.5. The summed E-state index contributed by atoms with van der Waals surface area (Å²) >= 11 is 0. The molecule has 2 aromatic rings. The van der Waals surface area contributed by atoms with Crippen LogP contribution < -0.4 is 10.2 Å². The summed E-state index contributed by atoms with van der Waals surface area (Å²) in [5.74, 6) is 0.592. The van der Waals surface area contributed by atoms with Crippen molar-refractivity contribution >= 4 is 11.7 Å². The minimum Gasteiger partial charge on any atom is -0.406 e. The molecule has 0 fully saturated rings. The van der Waals surface area contributed by atoms with Crippen molar-refractivity contribution in [3.05, 3.63) is 35.7 Å². The molecule has 0 saturated carbocycles. The second-order valence-electron chi connectivity index (χ2n) is 5.98. The van der Waals surface area contributed by atoms with Crippen molar-refractivity contribution in [2.45, 2.75) is 39.8 Å². The van der Waals surface area contributed by atoms with Crippen molar-refractivity contribution in [1.29, 1.82) is 0 Å². The van der Waals surface area contributed by atoms with E-state index in [1.54, 1.807) is 0 Å². The summed E-state index contributed by atoms with van der Waals surface area (Å²) in [6.45, 7) is 8.93. The lowest BCUT2D eigenvalue weighted by atomic mass is 10.1. The van der Waals surface area contributed by atoms with E-state index in [9.17, 15) is 0 Å². The molecule has 5 nitrogen and oxygen atoms in total. The molecule has 0 radical (unpaired) electrons. The zero-order valence-corrected chi connectivity index (χ0v) is 12.8. The van der Waals surface area contributed by atoms with Crippen molar-refractivity contribution in [2.75, 3.05) is 11.9 Å². The lowest BCUT2D eigenvalue weighted by Crippen LogP contribution is -2.35. The summed E-state index contributed by atoms with van der Waals surface area (Å²) < 4.78 is 5.67. The van der Waals surface area contributed by atoms with Crippen LogP contribution in [0.1, 0.15) is 32.2 Å². The highest BCUT2D eigenvalue weighted by molar-refractivity contribution is 5.55. The third kappa shape index (κ3) is 3.81. The molecule has 1 aromatic heterocycles. The molecule has 0 aliphatic rings. The van der Waals surface area contributed by atoms with Gasteiger partial charge in [-0.15, -0.1) is 5.10 Å². The SMILES string of the molecule is Cc1ccc(N(C)c2nnc(CNC(C)(C)C)o2)cc1. The van der Waals surface area contributed by atoms with Gasteiger partial charge in [-0.2, -0.15) is 0 Å². The highest BCUT2D eigenvalue weighted by Crippen LogP contribution is 2.22. The monoisotopic (exact) mass is 274 g/mol. The summed E-state index contributed by atoms with van der Waals surface area (Å²) in [7, 11) is 1.92. The highest BCUT2D eigenvalue weighted by Gasteiger charge is 2.14. The Morgan fingerprint density at radius 2 is 1.80 bits per heavy atom. The van der Waals surface area contributed by atoms with E-state index in [1.165, 1.54) is 5.56 Å². The second kappa shape index (κ2) is 5.63. The van der Waals surface area contributed by atoms with E-state index in [1.807, 2.05) is 24.1 Å². The molecule has 5 heteroatoms. The van der Waals surface area contributed by atoms with Gasteiger partial charge in [0, 0.05) is 18.3 Å². The molecule has 0 aliphatic carbocycles. The van der Waals surface area contributed by atoms with Crippen molar-refractivity contribution in [2.24, 2.45) is 0 Å². The highest BCUT2D eigenvalue weighted by atomic mass is 16.4. The van der Waals surface area contributed by atoms with Crippen LogP contribution in [-0.4, -0.2) is 22.8 Å². The number of hydrogen-bond acceptors (Lipinski definition) is 5. The van der Waals surface area contributed by atoms with E-state index in [4.69, 9.17) is 4.42 Å². The molecule has 1 N–H and O–H groups in total. The number of nitrogens with one attached hydrogen (secondary N) is 1. The van der Waals surface area contributed by atoms with Crippen LogP contribution in [-0.2, 0) is 6.54 Å². The van der Waals surface area contributed by atoms with Gasteiger partial charge in [0.05, 0.1) is 6.54 Å². The van der Waals surface area contributed by atoms with Crippen LogP contribution in [0.15, 0.2) is 28.7 Å². The molecule has 0 atom stereocenters. The molecule has 0 amide bonds. The van der Waals surface area contributed by atoms with Crippen LogP contribution in [0.4, 0.5) is 11.7 Å². The molecule has 108 valence electrons.